The molecule has 0 bridgehead atoms. The second kappa shape index (κ2) is 7.50. The van der Waals surface area contributed by atoms with Crippen molar-refractivity contribution in [1.82, 2.24) is 5.32 Å². The summed E-state index contributed by atoms with van der Waals surface area (Å²) in [4.78, 5) is 21.4. The molecule has 0 atom stereocenters. The van der Waals surface area contributed by atoms with E-state index >= 15 is 0 Å². The van der Waals surface area contributed by atoms with Crippen LogP contribution in [0.3, 0.4) is 0 Å². The average Bonchev–Trinajstić information content (AvgIpc) is 2.34. The fraction of sp³-hybridized carbons (Fsp3) is 0.385. The molecule has 0 spiro atoms. The van der Waals surface area contributed by atoms with Crippen molar-refractivity contribution < 1.29 is 14.3 Å². The number of hydrogen-bond donors (Lipinski definition) is 3. The molecule has 0 heterocycles. The third-order valence-electron chi connectivity index (χ3n) is 2.61. The normalized spacial score (nSPS) is 10.4. The summed E-state index contributed by atoms with van der Waals surface area (Å²) < 4.78 is 5.02. The van der Waals surface area contributed by atoms with Gasteiger partial charge in [-0.05, 0) is 30.2 Å². The number of aryl methyl sites for hydroxylation is 1. The zero-order valence-corrected chi connectivity index (χ0v) is 10.9. The third kappa shape index (κ3) is 5.50. The maximum atomic E-state index is 11.0. The van der Waals surface area contributed by atoms with Gasteiger partial charge in [-0.1, -0.05) is 6.07 Å². The van der Waals surface area contributed by atoms with Gasteiger partial charge in [-0.3, -0.25) is 9.59 Å². The van der Waals surface area contributed by atoms with E-state index in [1.54, 1.807) is 12.1 Å². The zero-order chi connectivity index (χ0) is 14.3. The van der Waals surface area contributed by atoms with Crippen LogP contribution < -0.4 is 16.8 Å². The molecule has 1 rings (SSSR count). The van der Waals surface area contributed by atoms with Crippen molar-refractivity contribution in [1.29, 1.82) is 0 Å². The second-order valence-electron chi connectivity index (χ2n) is 4.20. The molecular formula is C13H19N3O3. The van der Waals surface area contributed by atoms with Gasteiger partial charge in [0.25, 0.3) is 0 Å². The summed E-state index contributed by atoms with van der Waals surface area (Å²) in [6.07, 6.45) is 0. The minimum Gasteiger partial charge on any atom is -0.370 e. The molecule has 1 aromatic rings. The van der Waals surface area contributed by atoms with Crippen LogP contribution in [0.4, 0.5) is 0 Å². The molecule has 0 aliphatic heterocycles. The van der Waals surface area contributed by atoms with Crippen molar-refractivity contribution in [3.05, 3.63) is 34.9 Å². The van der Waals surface area contributed by atoms with Gasteiger partial charge in [-0.25, -0.2) is 0 Å². The minimum absolute atomic E-state index is 0.0615. The van der Waals surface area contributed by atoms with Gasteiger partial charge >= 0.3 is 0 Å². The second-order valence-corrected chi connectivity index (χ2v) is 4.20. The molecule has 0 saturated carbocycles. The van der Waals surface area contributed by atoms with Crippen LogP contribution in [0.15, 0.2) is 18.2 Å². The molecule has 0 fully saturated rings. The van der Waals surface area contributed by atoms with E-state index in [4.69, 9.17) is 16.2 Å². The summed E-state index contributed by atoms with van der Waals surface area (Å²) >= 11 is 0. The number of carbonyl (C=O) groups excluding carboxylic acids is 2. The first-order valence-electron chi connectivity index (χ1n) is 5.97. The fourth-order valence-electron chi connectivity index (χ4n) is 1.59. The van der Waals surface area contributed by atoms with Crippen LogP contribution in [-0.4, -0.2) is 31.6 Å². The highest BCUT2D eigenvalue weighted by Crippen LogP contribution is 2.10. The molecular weight excluding hydrogens is 246 g/mol. The fourth-order valence-corrected chi connectivity index (χ4v) is 1.59. The van der Waals surface area contributed by atoms with E-state index in [1.165, 1.54) is 0 Å². The quantitative estimate of drug-likeness (QED) is 0.560. The van der Waals surface area contributed by atoms with Gasteiger partial charge in [0.15, 0.2) is 0 Å². The highest BCUT2D eigenvalue weighted by atomic mass is 16.5. The van der Waals surface area contributed by atoms with E-state index in [0.717, 1.165) is 11.1 Å². The van der Waals surface area contributed by atoms with E-state index in [1.807, 2.05) is 13.0 Å². The maximum absolute atomic E-state index is 11.0. The molecule has 5 N–H and O–H groups in total. The van der Waals surface area contributed by atoms with Crippen LogP contribution in [0.2, 0.25) is 0 Å². The first-order chi connectivity index (χ1) is 9.00. The van der Waals surface area contributed by atoms with Crippen molar-refractivity contribution in [2.24, 2.45) is 11.5 Å². The Bertz CT molecular complexity index is 460. The molecule has 6 heteroatoms. The van der Waals surface area contributed by atoms with Crippen molar-refractivity contribution in [2.75, 3.05) is 19.8 Å². The molecule has 19 heavy (non-hydrogen) atoms. The molecule has 0 unspecified atom stereocenters. The summed E-state index contributed by atoms with van der Waals surface area (Å²) in [5.41, 5.74) is 12.7. The number of rotatable bonds is 8. The summed E-state index contributed by atoms with van der Waals surface area (Å²) in [7, 11) is 0. The molecule has 104 valence electrons. The van der Waals surface area contributed by atoms with Crippen LogP contribution in [-0.2, 0) is 16.1 Å². The predicted octanol–water partition coefficient (Wildman–Crippen LogP) is -0.315. The number of carbonyl (C=O) groups is 2. The van der Waals surface area contributed by atoms with Crippen molar-refractivity contribution in [2.45, 2.75) is 13.5 Å². The Morgan fingerprint density at radius 2 is 2.05 bits per heavy atom. The lowest BCUT2D eigenvalue weighted by Crippen LogP contribution is -2.24. The summed E-state index contributed by atoms with van der Waals surface area (Å²) in [5, 5.41) is 3.17. The topological polar surface area (TPSA) is 107 Å². The lowest BCUT2D eigenvalue weighted by molar-refractivity contribution is -0.122. The molecule has 6 nitrogen and oxygen atoms in total. The molecule has 2 amide bonds. The van der Waals surface area contributed by atoms with E-state index in [0.29, 0.717) is 25.3 Å². The monoisotopic (exact) mass is 265 g/mol. The van der Waals surface area contributed by atoms with Gasteiger partial charge in [0.1, 0.15) is 6.61 Å². The SMILES string of the molecule is Cc1cc(C(N)=O)ccc1CNCCOCC(N)=O. The first-order valence-corrected chi connectivity index (χ1v) is 5.97. The van der Waals surface area contributed by atoms with Gasteiger partial charge < -0.3 is 21.5 Å². The van der Waals surface area contributed by atoms with Crippen LogP contribution in [0, 0.1) is 6.92 Å². The number of benzene rings is 1. The Morgan fingerprint density at radius 3 is 2.63 bits per heavy atom. The van der Waals surface area contributed by atoms with Crippen LogP contribution in [0.25, 0.3) is 0 Å². The van der Waals surface area contributed by atoms with Crippen molar-refractivity contribution >= 4 is 11.8 Å². The standard InChI is InChI=1S/C13H19N3O3/c1-9-6-10(13(15)18)2-3-11(9)7-16-4-5-19-8-12(14)17/h2-3,6,16H,4-5,7-8H2,1H3,(H2,14,17)(H2,15,18). The molecule has 0 radical (unpaired) electrons. The van der Waals surface area contributed by atoms with Crippen molar-refractivity contribution in [3.8, 4) is 0 Å². The summed E-state index contributed by atoms with van der Waals surface area (Å²) in [5.74, 6) is -0.902. The van der Waals surface area contributed by atoms with Gasteiger partial charge in [-0.15, -0.1) is 0 Å². The van der Waals surface area contributed by atoms with Gasteiger partial charge in [-0.2, -0.15) is 0 Å². The lowest BCUT2D eigenvalue weighted by Gasteiger charge is -2.09. The highest BCUT2D eigenvalue weighted by Gasteiger charge is 2.03. The first kappa shape index (κ1) is 15.1. The number of nitrogens with one attached hydrogen (secondary N) is 1. The van der Waals surface area contributed by atoms with Crippen molar-refractivity contribution in [3.63, 3.8) is 0 Å². The largest absolute Gasteiger partial charge is 0.370 e. The van der Waals surface area contributed by atoms with E-state index in [-0.39, 0.29) is 6.61 Å². The van der Waals surface area contributed by atoms with E-state index in [2.05, 4.69) is 5.32 Å². The smallest absolute Gasteiger partial charge is 0.248 e. The zero-order valence-electron chi connectivity index (χ0n) is 10.9. The third-order valence-corrected chi connectivity index (χ3v) is 2.61. The van der Waals surface area contributed by atoms with Gasteiger partial charge in [0.05, 0.1) is 6.61 Å². The molecule has 0 saturated heterocycles. The minimum atomic E-state index is -0.474. The molecule has 1 aromatic carbocycles. The lowest BCUT2D eigenvalue weighted by atomic mass is 10.0. The molecule has 0 aliphatic rings. The van der Waals surface area contributed by atoms with Crippen LogP contribution >= 0.6 is 0 Å². The van der Waals surface area contributed by atoms with Gasteiger partial charge in [0.2, 0.25) is 11.8 Å². The Balaban J connectivity index is 2.33. The number of hydrogen-bond acceptors (Lipinski definition) is 4. The Hall–Kier alpha value is -1.92. The van der Waals surface area contributed by atoms with Gasteiger partial charge in [0, 0.05) is 18.7 Å². The number of amides is 2. The number of nitrogens with two attached hydrogens (primary N) is 2. The van der Waals surface area contributed by atoms with E-state index in [9.17, 15) is 9.59 Å². The summed E-state index contributed by atoms with van der Waals surface area (Å²) in [6, 6.07) is 5.34. The average molecular weight is 265 g/mol. The number of ether oxygens (including phenoxy) is 1. The highest BCUT2D eigenvalue weighted by molar-refractivity contribution is 5.93. The Morgan fingerprint density at radius 1 is 1.32 bits per heavy atom. The van der Waals surface area contributed by atoms with E-state index < -0.39 is 11.8 Å². The maximum Gasteiger partial charge on any atom is 0.248 e. The van der Waals surface area contributed by atoms with Crippen LogP contribution in [0.1, 0.15) is 21.5 Å². The molecule has 0 aromatic heterocycles. The Kier molecular flexibility index (Phi) is 5.98. The predicted molar refractivity (Wildman–Crippen MR) is 71.4 cm³/mol. The molecule has 0 aliphatic carbocycles. The Labute approximate surface area is 112 Å². The number of primary amides is 2. The van der Waals surface area contributed by atoms with Crippen LogP contribution in [0.5, 0.6) is 0 Å². The summed E-state index contributed by atoms with van der Waals surface area (Å²) in [6.45, 7) is 3.55.